The van der Waals surface area contributed by atoms with Gasteiger partial charge in [0, 0.05) is 20.3 Å². The van der Waals surface area contributed by atoms with E-state index >= 15 is 0 Å². The van der Waals surface area contributed by atoms with E-state index in [0.29, 0.717) is 5.69 Å². The molecule has 92 valence electrons. The molecule has 2 rings (SSSR count). The van der Waals surface area contributed by atoms with Crippen molar-refractivity contribution >= 4 is 11.9 Å². The number of nitrogens with one attached hydrogen (secondary N) is 2. The largest absolute Gasteiger partial charge is 0.364 e. The maximum absolute atomic E-state index is 11.3. The van der Waals surface area contributed by atoms with E-state index in [1.165, 1.54) is 0 Å². The highest BCUT2D eigenvalue weighted by Gasteiger charge is 2.30. The van der Waals surface area contributed by atoms with E-state index in [9.17, 15) is 9.59 Å². The van der Waals surface area contributed by atoms with Crippen LogP contribution >= 0.6 is 0 Å². The minimum atomic E-state index is -0.422. The van der Waals surface area contributed by atoms with Gasteiger partial charge in [0.15, 0.2) is 0 Å². The first kappa shape index (κ1) is 11.5. The molecular weight excluding hydrogens is 220 g/mol. The number of fused-ring (bicyclic) bond motifs is 1. The molecule has 0 saturated heterocycles. The molecule has 1 atom stereocenters. The Balaban J connectivity index is 2.30. The molecule has 0 fully saturated rings. The van der Waals surface area contributed by atoms with Crippen LogP contribution in [0.1, 0.15) is 34.1 Å². The van der Waals surface area contributed by atoms with Crippen LogP contribution in [-0.4, -0.2) is 23.6 Å². The zero-order chi connectivity index (χ0) is 12.6. The summed E-state index contributed by atoms with van der Waals surface area (Å²) < 4.78 is 1.73. The predicted molar refractivity (Wildman–Crippen MR) is 62.6 cm³/mol. The van der Waals surface area contributed by atoms with Gasteiger partial charge in [-0.1, -0.05) is 0 Å². The Kier molecular flexibility index (Phi) is 2.79. The monoisotopic (exact) mass is 236 g/mol. The molecule has 0 bridgehead atoms. The van der Waals surface area contributed by atoms with Gasteiger partial charge in [-0.05, 0) is 24.0 Å². The summed E-state index contributed by atoms with van der Waals surface area (Å²) in [6, 6.07) is -0.253. The van der Waals surface area contributed by atoms with Crippen molar-refractivity contribution in [3.8, 4) is 0 Å². The Morgan fingerprint density at radius 2 is 2.24 bits per heavy atom. The van der Waals surface area contributed by atoms with Gasteiger partial charge in [0.05, 0.1) is 6.04 Å². The second kappa shape index (κ2) is 4.12. The number of hydrogen-bond acceptors (Lipinski definition) is 2. The number of amides is 3. The highest BCUT2D eigenvalue weighted by Crippen LogP contribution is 2.34. The van der Waals surface area contributed by atoms with Crippen molar-refractivity contribution in [2.45, 2.75) is 18.9 Å². The van der Waals surface area contributed by atoms with Crippen LogP contribution < -0.4 is 16.4 Å². The summed E-state index contributed by atoms with van der Waals surface area (Å²) in [6.45, 7) is 0. The highest BCUT2D eigenvalue weighted by atomic mass is 16.2. The van der Waals surface area contributed by atoms with Gasteiger partial charge in [-0.15, -0.1) is 0 Å². The van der Waals surface area contributed by atoms with Crippen LogP contribution in [0.5, 0.6) is 0 Å². The van der Waals surface area contributed by atoms with Crippen LogP contribution in [0, 0.1) is 0 Å². The van der Waals surface area contributed by atoms with E-state index in [1.807, 2.05) is 6.20 Å². The van der Waals surface area contributed by atoms with Gasteiger partial charge in [-0.3, -0.25) is 4.79 Å². The molecule has 1 heterocycles. The number of nitrogens with zero attached hydrogens (tertiary/aromatic N) is 1. The standard InChI is InChI=1S/C11H16N4O2/c1-13-11(17)14-8-4-3-6-7(8)5-15(2)9(6)10(12)16/h5,8H,3-4H2,1-2H3,(H2,12,16)(H2,13,14,17). The molecule has 0 spiro atoms. The maximum atomic E-state index is 11.3. The van der Waals surface area contributed by atoms with Crippen molar-refractivity contribution < 1.29 is 9.59 Å². The summed E-state index contributed by atoms with van der Waals surface area (Å²) >= 11 is 0. The average Bonchev–Trinajstić information content (AvgIpc) is 2.77. The van der Waals surface area contributed by atoms with Crippen molar-refractivity contribution in [1.29, 1.82) is 0 Å². The van der Waals surface area contributed by atoms with E-state index in [4.69, 9.17) is 5.73 Å². The summed E-state index contributed by atoms with van der Waals surface area (Å²) in [4.78, 5) is 22.6. The average molecular weight is 236 g/mol. The number of aryl methyl sites for hydroxylation is 1. The van der Waals surface area contributed by atoms with Crippen molar-refractivity contribution in [3.63, 3.8) is 0 Å². The second-order valence-electron chi connectivity index (χ2n) is 4.20. The summed E-state index contributed by atoms with van der Waals surface area (Å²) in [5.41, 5.74) is 7.84. The van der Waals surface area contributed by atoms with Gasteiger partial charge in [0.25, 0.3) is 5.91 Å². The number of nitrogens with two attached hydrogens (primary N) is 1. The highest BCUT2D eigenvalue weighted by molar-refractivity contribution is 5.93. The Morgan fingerprint density at radius 3 is 2.82 bits per heavy atom. The quantitative estimate of drug-likeness (QED) is 0.676. The number of rotatable bonds is 2. The first-order valence-electron chi connectivity index (χ1n) is 5.50. The van der Waals surface area contributed by atoms with Crippen molar-refractivity contribution in [2.75, 3.05) is 7.05 Å². The minimum Gasteiger partial charge on any atom is -0.364 e. The van der Waals surface area contributed by atoms with Crippen molar-refractivity contribution in [2.24, 2.45) is 12.8 Å². The topological polar surface area (TPSA) is 89.2 Å². The molecule has 0 aromatic carbocycles. The summed E-state index contributed by atoms with van der Waals surface area (Å²) in [6.07, 6.45) is 3.44. The Bertz CT molecular complexity index is 478. The third kappa shape index (κ3) is 1.86. The van der Waals surface area contributed by atoms with Crippen LogP contribution in [0.25, 0.3) is 0 Å². The smallest absolute Gasteiger partial charge is 0.315 e. The molecule has 1 aromatic rings. The summed E-state index contributed by atoms with van der Waals surface area (Å²) in [5.74, 6) is -0.422. The Labute approximate surface area is 99.2 Å². The number of carbonyl (C=O) groups excluding carboxylic acids is 2. The summed E-state index contributed by atoms with van der Waals surface area (Å²) in [7, 11) is 3.36. The van der Waals surface area contributed by atoms with Crippen molar-refractivity contribution in [1.82, 2.24) is 15.2 Å². The second-order valence-corrected chi connectivity index (χ2v) is 4.20. The lowest BCUT2D eigenvalue weighted by atomic mass is 10.1. The molecule has 6 nitrogen and oxygen atoms in total. The Hall–Kier alpha value is -1.98. The van der Waals surface area contributed by atoms with Crippen LogP contribution in [0.2, 0.25) is 0 Å². The molecule has 3 amide bonds. The van der Waals surface area contributed by atoms with Gasteiger partial charge in [-0.25, -0.2) is 4.79 Å². The van der Waals surface area contributed by atoms with E-state index < -0.39 is 5.91 Å². The fourth-order valence-corrected chi connectivity index (χ4v) is 2.41. The predicted octanol–water partition coefficient (Wildman–Crippen LogP) is 0.0403. The minimum absolute atomic E-state index is 0.0377. The number of urea groups is 1. The van der Waals surface area contributed by atoms with E-state index in [0.717, 1.165) is 24.0 Å². The lowest BCUT2D eigenvalue weighted by molar-refractivity contribution is 0.0991. The molecule has 1 aromatic heterocycles. The van der Waals surface area contributed by atoms with Crippen LogP contribution in [0.3, 0.4) is 0 Å². The summed E-state index contributed by atoms with van der Waals surface area (Å²) in [5, 5.41) is 5.37. The lowest BCUT2D eigenvalue weighted by Gasteiger charge is -2.12. The normalized spacial score (nSPS) is 17.6. The van der Waals surface area contributed by atoms with Gasteiger partial charge in [0.1, 0.15) is 5.69 Å². The fourth-order valence-electron chi connectivity index (χ4n) is 2.41. The van der Waals surface area contributed by atoms with Gasteiger partial charge < -0.3 is 20.9 Å². The SMILES string of the molecule is CNC(=O)NC1CCc2c1cn(C)c2C(N)=O. The zero-order valence-corrected chi connectivity index (χ0v) is 9.91. The molecule has 1 aliphatic rings. The van der Waals surface area contributed by atoms with Crippen molar-refractivity contribution in [3.05, 3.63) is 23.0 Å². The van der Waals surface area contributed by atoms with Gasteiger partial charge in [-0.2, -0.15) is 0 Å². The Morgan fingerprint density at radius 1 is 1.53 bits per heavy atom. The van der Waals surface area contributed by atoms with E-state index in [2.05, 4.69) is 10.6 Å². The zero-order valence-electron chi connectivity index (χ0n) is 9.91. The molecule has 4 N–H and O–H groups in total. The molecule has 1 aliphatic carbocycles. The molecule has 0 aliphatic heterocycles. The molecule has 0 saturated carbocycles. The maximum Gasteiger partial charge on any atom is 0.315 e. The molecule has 1 unspecified atom stereocenters. The fraction of sp³-hybridized carbons (Fsp3) is 0.455. The number of carbonyl (C=O) groups is 2. The third-order valence-electron chi connectivity index (χ3n) is 3.14. The van der Waals surface area contributed by atoms with E-state index in [1.54, 1.807) is 18.7 Å². The first-order valence-corrected chi connectivity index (χ1v) is 5.50. The third-order valence-corrected chi connectivity index (χ3v) is 3.14. The van der Waals surface area contributed by atoms with Crippen LogP contribution in [0.15, 0.2) is 6.20 Å². The van der Waals surface area contributed by atoms with Gasteiger partial charge in [0.2, 0.25) is 0 Å². The first-order chi connectivity index (χ1) is 8.04. The molecular formula is C11H16N4O2. The van der Waals surface area contributed by atoms with E-state index in [-0.39, 0.29) is 12.1 Å². The van der Waals surface area contributed by atoms with Gasteiger partial charge >= 0.3 is 6.03 Å². The van der Waals surface area contributed by atoms with Crippen LogP contribution in [0.4, 0.5) is 4.79 Å². The number of hydrogen-bond donors (Lipinski definition) is 3. The van der Waals surface area contributed by atoms with Crippen LogP contribution in [-0.2, 0) is 13.5 Å². The number of aromatic nitrogens is 1. The number of primary amides is 1. The molecule has 17 heavy (non-hydrogen) atoms. The lowest BCUT2D eigenvalue weighted by Crippen LogP contribution is -2.34. The molecule has 0 radical (unpaired) electrons. The molecule has 6 heteroatoms.